The van der Waals surface area contributed by atoms with Gasteiger partial charge in [0.05, 0.1) is 13.1 Å². The van der Waals surface area contributed by atoms with E-state index in [1.54, 1.807) is 11.3 Å². The number of benzene rings is 1. The van der Waals surface area contributed by atoms with E-state index < -0.39 is 6.04 Å². The summed E-state index contributed by atoms with van der Waals surface area (Å²) in [5, 5.41) is 7.00. The standard InChI is InChI=1S/C18H22N2O2S/c1-14(21)17(10-15-6-4-3-5-7-15)19-18(22)12-20(2)11-16-8-9-23-13-16/h3-9,13,17H,10-12H2,1-2H3,(H,19,22)/p+1/t17-/m0/s1. The number of amides is 1. The van der Waals surface area contributed by atoms with Crippen molar-refractivity contribution in [3.8, 4) is 0 Å². The van der Waals surface area contributed by atoms with E-state index in [2.05, 4.69) is 16.8 Å². The first kappa shape index (κ1) is 17.4. The Morgan fingerprint density at radius 3 is 2.52 bits per heavy atom. The third-order valence-electron chi connectivity index (χ3n) is 3.66. The summed E-state index contributed by atoms with van der Waals surface area (Å²) in [7, 11) is 1.98. The van der Waals surface area contributed by atoms with Crippen LogP contribution in [0.2, 0.25) is 0 Å². The summed E-state index contributed by atoms with van der Waals surface area (Å²) in [5.74, 6) is -0.105. The molecular weight excluding hydrogens is 308 g/mol. The first-order chi connectivity index (χ1) is 11.0. The number of hydrogen-bond donors (Lipinski definition) is 2. The van der Waals surface area contributed by atoms with Crippen molar-refractivity contribution in [2.45, 2.75) is 25.9 Å². The van der Waals surface area contributed by atoms with E-state index in [-0.39, 0.29) is 11.7 Å². The van der Waals surface area contributed by atoms with Crippen LogP contribution in [-0.2, 0) is 22.6 Å². The topological polar surface area (TPSA) is 50.6 Å². The Morgan fingerprint density at radius 1 is 1.17 bits per heavy atom. The molecular formula is C18H23N2O2S+. The molecule has 1 unspecified atom stereocenters. The molecule has 2 atom stereocenters. The van der Waals surface area contributed by atoms with Crippen molar-refractivity contribution in [2.75, 3.05) is 13.6 Å². The lowest BCUT2D eigenvalue weighted by Crippen LogP contribution is -3.09. The molecule has 0 radical (unpaired) electrons. The van der Waals surface area contributed by atoms with Crippen LogP contribution in [0.5, 0.6) is 0 Å². The molecule has 0 aliphatic rings. The molecule has 2 aromatic rings. The fraction of sp³-hybridized carbons (Fsp3) is 0.333. The zero-order valence-electron chi connectivity index (χ0n) is 13.5. The average Bonchev–Trinajstić information content (AvgIpc) is 3.00. The Kier molecular flexibility index (Phi) is 6.50. The molecule has 0 bridgehead atoms. The lowest BCUT2D eigenvalue weighted by molar-refractivity contribution is -0.885. The molecule has 1 aromatic heterocycles. The van der Waals surface area contributed by atoms with Crippen LogP contribution >= 0.6 is 11.3 Å². The van der Waals surface area contributed by atoms with Crippen molar-refractivity contribution in [3.63, 3.8) is 0 Å². The predicted octanol–water partition coefficient (Wildman–Crippen LogP) is 1.08. The van der Waals surface area contributed by atoms with Gasteiger partial charge in [0.15, 0.2) is 12.3 Å². The second kappa shape index (κ2) is 8.60. The number of thiophene rings is 1. The molecule has 2 rings (SSSR count). The highest BCUT2D eigenvalue weighted by molar-refractivity contribution is 7.07. The summed E-state index contributed by atoms with van der Waals surface area (Å²) in [5.41, 5.74) is 2.28. The lowest BCUT2D eigenvalue weighted by Gasteiger charge is -2.18. The van der Waals surface area contributed by atoms with Gasteiger partial charge in [-0.1, -0.05) is 30.3 Å². The highest BCUT2D eigenvalue weighted by Gasteiger charge is 2.19. The predicted molar refractivity (Wildman–Crippen MR) is 92.5 cm³/mol. The van der Waals surface area contributed by atoms with Crippen molar-refractivity contribution in [1.82, 2.24) is 5.32 Å². The van der Waals surface area contributed by atoms with Gasteiger partial charge in [0.2, 0.25) is 0 Å². The molecule has 0 aliphatic heterocycles. The largest absolute Gasteiger partial charge is 0.341 e. The van der Waals surface area contributed by atoms with E-state index >= 15 is 0 Å². The van der Waals surface area contributed by atoms with E-state index in [4.69, 9.17) is 0 Å². The Morgan fingerprint density at radius 2 is 1.91 bits per heavy atom. The average molecular weight is 331 g/mol. The van der Waals surface area contributed by atoms with Crippen molar-refractivity contribution >= 4 is 23.0 Å². The Balaban J connectivity index is 1.86. The number of rotatable bonds is 8. The van der Waals surface area contributed by atoms with E-state index in [1.807, 2.05) is 42.8 Å². The van der Waals surface area contributed by atoms with Crippen LogP contribution in [0.3, 0.4) is 0 Å². The zero-order chi connectivity index (χ0) is 16.7. The van der Waals surface area contributed by atoms with E-state index in [1.165, 1.54) is 12.5 Å². The number of hydrogen-bond acceptors (Lipinski definition) is 3. The van der Waals surface area contributed by atoms with Gasteiger partial charge in [-0.25, -0.2) is 0 Å². The van der Waals surface area contributed by atoms with Crippen molar-refractivity contribution in [2.24, 2.45) is 0 Å². The Hall–Kier alpha value is -1.98. The fourth-order valence-corrected chi connectivity index (χ4v) is 3.14. The van der Waals surface area contributed by atoms with Crippen LogP contribution in [0.25, 0.3) is 0 Å². The number of likely N-dealkylation sites (N-methyl/N-ethyl adjacent to an activating group) is 1. The molecule has 0 saturated heterocycles. The molecule has 1 heterocycles. The normalized spacial score (nSPS) is 13.3. The van der Waals surface area contributed by atoms with Crippen LogP contribution < -0.4 is 10.2 Å². The van der Waals surface area contributed by atoms with Gasteiger partial charge in [0.1, 0.15) is 6.54 Å². The summed E-state index contributed by atoms with van der Waals surface area (Å²) < 4.78 is 0. The quantitative estimate of drug-likeness (QED) is 0.760. The number of carbonyl (C=O) groups excluding carboxylic acids is 2. The minimum atomic E-state index is -0.459. The van der Waals surface area contributed by atoms with Crippen LogP contribution in [0.1, 0.15) is 18.1 Å². The van der Waals surface area contributed by atoms with Crippen LogP contribution in [0.4, 0.5) is 0 Å². The summed E-state index contributed by atoms with van der Waals surface area (Å²) in [6, 6.07) is 11.4. The SMILES string of the molecule is CC(=O)[C@H](Cc1ccccc1)NC(=O)C[NH+](C)Cc1ccsc1. The fourth-order valence-electron chi connectivity index (χ4n) is 2.47. The first-order valence-electron chi connectivity index (χ1n) is 7.70. The molecule has 4 nitrogen and oxygen atoms in total. The van der Waals surface area contributed by atoms with Gasteiger partial charge >= 0.3 is 0 Å². The van der Waals surface area contributed by atoms with Gasteiger partial charge in [0, 0.05) is 5.56 Å². The maximum absolute atomic E-state index is 12.2. The molecule has 0 saturated carbocycles. The molecule has 0 spiro atoms. The van der Waals surface area contributed by atoms with Gasteiger partial charge in [-0.3, -0.25) is 9.59 Å². The van der Waals surface area contributed by atoms with Crippen LogP contribution in [0.15, 0.2) is 47.2 Å². The van der Waals surface area contributed by atoms with E-state index in [0.29, 0.717) is 13.0 Å². The summed E-state index contributed by atoms with van der Waals surface area (Å²) in [6.07, 6.45) is 0.533. The molecule has 5 heteroatoms. The van der Waals surface area contributed by atoms with Gasteiger partial charge in [-0.15, -0.1) is 0 Å². The maximum Gasteiger partial charge on any atom is 0.275 e. The molecule has 2 N–H and O–H groups in total. The number of Topliss-reactive ketones (excluding diaryl/α,β-unsaturated/α-hetero) is 1. The highest BCUT2D eigenvalue weighted by atomic mass is 32.1. The zero-order valence-corrected chi connectivity index (χ0v) is 14.4. The van der Waals surface area contributed by atoms with Crippen molar-refractivity contribution in [3.05, 3.63) is 58.3 Å². The Bertz CT molecular complexity index is 626. The van der Waals surface area contributed by atoms with Crippen LogP contribution in [0, 0.1) is 0 Å². The van der Waals surface area contributed by atoms with Crippen LogP contribution in [-0.4, -0.2) is 31.3 Å². The summed E-state index contributed by atoms with van der Waals surface area (Å²) >= 11 is 1.66. The molecule has 0 fully saturated rings. The third-order valence-corrected chi connectivity index (χ3v) is 4.39. The molecule has 1 aromatic carbocycles. The lowest BCUT2D eigenvalue weighted by atomic mass is 10.0. The van der Waals surface area contributed by atoms with E-state index in [0.717, 1.165) is 17.0 Å². The minimum Gasteiger partial charge on any atom is -0.341 e. The molecule has 23 heavy (non-hydrogen) atoms. The van der Waals surface area contributed by atoms with Gasteiger partial charge in [-0.05, 0) is 35.7 Å². The monoisotopic (exact) mass is 331 g/mol. The van der Waals surface area contributed by atoms with Gasteiger partial charge in [-0.2, -0.15) is 11.3 Å². The van der Waals surface area contributed by atoms with Gasteiger partial charge < -0.3 is 10.2 Å². The second-order valence-corrected chi connectivity index (χ2v) is 6.64. The molecule has 122 valence electrons. The van der Waals surface area contributed by atoms with Crippen molar-refractivity contribution < 1.29 is 14.5 Å². The second-order valence-electron chi connectivity index (χ2n) is 5.86. The maximum atomic E-state index is 12.2. The molecule has 0 aliphatic carbocycles. The van der Waals surface area contributed by atoms with Gasteiger partial charge in [0.25, 0.3) is 5.91 Å². The number of quaternary nitrogens is 1. The smallest absolute Gasteiger partial charge is 0.275 e. The highest BCUT2D eigenvalue weighted by Crippen LogP contribution is 2.04. The van der Waals surface area contributed by atoms with Crippen molar-refractivity contribution in [1.29, 1.82) is 0 Å². The number of ketones is 1. The minimum absolute atomic E-state index is 0.0160. The number of nitrogens with one attached hydrogen (secondary N) is 2. The summed E-state index contributed by atoms with van der Waals surface area (Å²) in [4.78, 5) is 25.1. The van der Waals surface area contributed by atoms with E-state index in [9.17, 15) is 9.59 Å². The first-order valence-corrected chi connectivity index (χ1v) is 8.65. The Labute approximate surface area is 141 Å². The molecule has 1 amide bonds. The number of carbonyl (C=O) groups is 2. The summed E-state index contributed by atoms with van der Waals surface area (Å²) in [6.45, 7) is 2.69. The third kappa shape index (κ3) is 5.96.